The highest BCUT2D eigenvalue weighted by atomic mass is 32.1. The molecule has 0 saturated heterocycles. The van der Waals surface area contributed by atoms with Crippen LogP contribution in [0.3, 0.4) is 0 Å². The number of thiophene rings is 1. The number of hydrogen-bond donors (Lipinski definition) is 2. The lowest BCUT2D eigenvalue weighted by atomic mass is 10.0. The topological polar surface area (TPSA) is 66.9 Å². The Balaban J connectivity index is 1.73. The van der Waals surface area contributed by atoms with Crippen molar-refractivity contribution in [3.05, 3.63) is 106 Å². The minimum absolute atomic E-state index is 0.125. The summed E-state index contributed by atoms with van der Waals surface area (Å²) in [5.41, 5.74) is 3.59. The van der Waals surface area contributed by atoms with Gasteiger partial charge in [-0.3, -0.25) is 9.78 Å². The zero-order valence-corrected chi connectivity index (χ0v) is 18.3. The molecule has 3 heterocycles. The first-order valence-corrected chi connectivity index (χ1v) is 11.0. The van der Waals surface area contributed by atoms with Crippen molar-refractivity contribution in [3.63, 3.8) is 0 Å². The summed E-state index contributed by atoms with van der Waals surface area (Å²) in [6.45, 7) is 4.15. The Hall–Kier alpha value is -3.51. The molecule has 31 heavy (non-hydrogen) atoms. The van der Waals surface area contributed by atoms with Crippen LogP contribution < -0.4 is 10.6 Å². The summed E-state index contributed by atoms with van der Waals surface area (Å²) in [6, 6.07) is 21.0. The van der Waals surface area contributed by atoms with Gasteiger partial charge in [-0.1, -0.05) is 31.2 Å². The van der Waals surface area contributed by atoms with Gasteiger partial charge in [-0.15, -0.1) is 11.3 Å². The van der Waals surface area contributed by atoms with E-state index in [-0.39, 0.29) is 11.9 Å². The largest absolute Gasteiger partial charge is 0.357 e. The Bertz CT molecular complexity index is 1160. The number of benzene rings is 1. The van der Waals surface area contributed by atoms with Crippen molar-refractivity contribution in [1.29, 1.82) is 0 Å². The number of nitrogens with zero attached hydrogens (tertiary/aromatic N) is 2. The van der Waals surface area contributed by atoms with E-state index in [1.54, 1.807) is 23.7 Å². The summed E-state index contributed by atoms with van der Waals surface area (Å²) in [4.78, 5) is 23.1. The number of rotatable bonds is 7. The van der Waals surface area contributed by atoms with Gasteiger partial charge in [-0.25, -0.2) is 4.98 Å². The van der Waals surface area contributed by atoms with Crippen molar-refractivity contribution >= 4 is 28.1 Å². The minimum Gasteiger partial charge on any atom is -0.357 e. The first-order valence-electron chi connectivity index (χ1n) is 10.2. The SMILES string of the molecule is CCc1cc([C@@H](Nc2cc(C)ccn2)c2ccccn2)c(NC(=O)c2ccccc2)s1. The van der Waals surface area contributed by atoms with Crippen molar-refractivity contribution < 1.29 is 4.79 Å². The van der Waals surface area contributed by atoms with Crippen molar-refractivity contribution in [2.45, 2.75) is 26.3 Å². The Morgan fingerprint density at radius 3 is 2.52 bits per heavy atom. The van der Waals surface area contributed by atoms with Crippen LogP contribution in [0.5, 0.6) is 0 Å². The highest BCUT2D eigenvalue weighted by Crippen LogP contribution is 2.37. The maximum Gasteiger partial charge on any atom is 0.256 e. The third-order valence-corrected chi connectivity index (χ3v) is 6.14. The smallest absolute Gasteiger partial charge is 0.256 e. The van der Waals surface area contributed by atoms with Crippen LogP contribution in [0.4, 0.5) is 10.8 Å². The molecule has 6 heteroatoms. The van der Waals surface area contributed by atoms with Crippen LogP contribution in [0, 0.1) is 6.92 Å². The standard InChI is InChI=1S/C25H24N4OS/c1-3-19-16-20(25(31-19)29-24(30)18-9-5-4-6-10-18)23(21-11-7-8-13-26-21)28-22-15-17(2)12-14-27-22/h4-16,23H,3H2,1-2H3,(H,27,28)(H,29,30)/t23-/m1/s1. The average molecular weight is 429 g/mol. The zero-order valence-electron chi connectivity index (χ0n) is 17.5. The summed E-state index contributed by atoms with van der Waals surface area (Å²) < 4.78 is 0. The fourth-order valence-corrected chi connectivity index (χ4v) is 4.36. The molecular weight excluding hydrogens is 404 g/mol. The molecule has 0 saturated carbocycles. The first kappa shape index (κ1) is 20.8. The molecule has 1 amide bonds. The molecule has 2 N–H and O–H groups in total. The van der Waals surface area contributed by atoms with E-state index in [1.807, 2.05) is 67.6 Å². The van der Waals surface area contributed by atoms with Crippen molar-refractivity contribution in [2.75, 3.05) is 10.6 Å². The number of pyridine rings is 2. The molecule has 3 aromatic heterocycles. The highest BCUT2D eigenvalue weighted by Gasteiger charge is 2.23. The number of nitrogens with one attached hydrogen (secondary N) is 2. The second-order valence-electron chi connectivity index (χ2n) is 7.22. The molecule has 4 rings (SSSR count). The number of amides is 1. The predicted octanol–water partition coefficient (Wildman–Crippen LogP) is 5.86. The van der Waals surface area contributed by atoms with Gasteiger partial charge in [0.05, 0.1) is 11.7 Å². The van der Waals surface area contributed by atoms with E-state index in [4.69, 9.17) is 0 Å². The van der Waals surface area contributed by atoms with Gasteiger partial charge in [-0.2, -0.15) is 0 Å². The highest BCUT2D eigenvalue weighted by molar-refractivity contribution is 7.16. The lowest BCUT2D eigenvalue weighted by Gasteiger charge is -2.20. The van der Waals surface area contributed by atoms with E-state index in [2.05, 4.69) is 33.6 Å². The van der Waals surface area contributed by atoms with Gasteiger partial charge >= 0.3 is 0 Å². The maximum atomic E-state index is 12.9. The van der Waals surface area contributed by atoms with Gasteiger partial charge in [0.1, 0.15) is 10.8 Å². The third kappa shape index (κ3) is 4.98. The van der Waals surface area contributed by atoms with Gasteiger partial charge in [0.25, 0.3) is 5.91 Å². The Morgan fingerprint density at radius 1 is 1.00 bits per heavy atom. The van der Waals surface area contributed by atoms with E-state index in [0.717, 1.165) is 34.1 Å². The lowest BCUT2D eigenvalue weighted by molar-refractivity contribution is 0.102. The summed E-state index contributed by atoms with van der Waals surface area (Å²) in [7, 11) is 0. The van der Waals surface area contributed by atoms with Crippen LogP contribution in [0.2, 0.25) is 0 Å². The molecule has 0 radical (unpaired) electrons. The monoisotopic (exact) mass is 428 g/mol. The van der Waals surface area contributed by atoms with E-state index >= 15 is 0 Å². The molecule has 5 nitrogen and oxygen atoms in total. The molecule has 0 spiro atoms. The minimum atomic E-state index is -0.252. The van der Waals surface area contributed by atoms with Gasteiger partial charge < -0.3 is 10.6 Å². The van der Waals surface area contributed by atoms with Gasteiger partial charge in [0, 0.05) is 28.4 Å². The number of aryl methyl sites for hydroxylation is 2. The van der Waals surface area contributed by atoms with Crippen molar-refractivity contribution in [3.8, 4) is 0 Å². The fraction of sp³-hybridized carbons (Fsp3) is 0.160. The summed E-state index contributed by atoms with van der Waals surface area (Å²) in [5, 5.41) is 7.47. The molecule has 4 aromatic rings. The summed E-state index contributed by atoms with van der Waals surface area (Å²) in [5.74, 6) is 0.639. The Kier molecular flexibility index (Phi) is 6.38. The van der Waals surface area contributed by atoms with Crippen LogP contribution in [0.15, 0.2) is 79.1 Å². The lowest BCUT2D eigenvalue weighted by Crippen LogP contribution is -2.18. The predicted molar refractivity (Wildman–Crippen MR) is 127 cm³/mol. The molecule has 0 bridgehead atoms. The summed E-state index contributed by atoms with van der Waals surface area (Å²) >= 11 is 1.60. The quantitative estimate of drug-likeness (QED) is 0.387. The van der Waals surface area contributed by atoms with Crippen LogP contribution >= 0.6 is 11.3 Å². The van der Waals surface area contributed by atoms with E-state index < -0.39 is 0 Å². The van der Waals surface area contributed by atoms with Gasteiger partial charge in [-0.05, 0) is 61.4 Å². The molecule has 0 aliphatic carbocycles. The normalized spacial score (nSPS) is 11.7. The second kappa shape index (κ2) is 9.53. The van der Waals surface area contributed by atoms with Crippen LogP contribution in [-0.4, -0.2) is 15.9 Å². The number of hydrogen-bond acceptors (Lipinski definition) is 5. The van der Waals surface area contributed by atoms with E-state index in [9.17, 15) is 4.79 Å². The van der Waals surface area contributed by atoms with E-state index in [1.165, 1.54) is 4.88 Å². The maximum absolute atomic E-state index is 12.9. The molecule has 0 fully saturated rings. The molecule has 156 valence electrons. The number of carbonyl (C=O) groups is 1. The van der Waals surface area contributed by atoms with Crippen molar-refractivity contribution in [1.82, 2.24) is 9.97 Å². The Labute approximate surface area is 186 Å². The van der Waals surface area contributed by atoms with E-state index in [0.29, 0.717) is 5.56 Å². The molecule has 1 aromatic carbocycles. The fourth-order valence-electron chi connectivity index (χ4n) is 3.33. The van der Waals surface area contributed by atoms with Crippen molar-refractivity contribution in [2.24, 2.45) is 0 Å². The second-order valence-corrected chi connectivity index (χ2v) is 8.36. The number of anilines is 2. The number of aromatic nitrogens is 2. The summed E-state index contributed by atoms with van der Waals surface area (Å²) in [6.07, 6.45) is 4.45. The third-order valence-electron chi connectivity index (χ3n) is 4.93. The Morgan fingerprint density at radius 2 is 1.81 bits per heavy atom. The van der Waals surface area contributed by atoms with Crippen LogP contribution in [0.1, 0.15) is 45.0 Å². The molecule has 1 atom stereocenters. The molecule has 0 unspecified atom stereocenters. The average Bonchev–Trinajstić information content (AvgIpc) is 3.21. The first-order chi connectivity index (χ1) is 15.1. The van der Waals surface area contributed by atoms with Crippen LogP contribution in [0.25, 0.3) is 0 Å². The number of carbonyl (C=O) groups excluding carboxylic acids is 1. The van der Waals surface area contributed by atoms with Gasteiger partial charge in [0.2, 0.25) is 0 Å². The van der Waals surface area contributed by atoms with Gasteiger partial charge in [0.15, 0.2) is 0 Å². The molecular formula is C25H24N4OS. The zero-order chi connectivity index (χ0) is 21.6. The molecule has 0 aliphatic rings. The molecule has 0 aliphatic heterocycles. The van der Waals surface area contributed by atoms with Crippen LogP contribution in [-0.2, 0) is 6.42 Å².